The molecule has 0 spiro atoms. The lowest BCUT2D eigenvalue weighted by Gasteiger charge is -2.59. The van der Waals surface area contributed by atoms with Crippen molar-refractivity contribution in [3.63, 3.8) is 0 Å². The van der Waals surface area contributed by atoms with Crippen molar-refractivity contribution in [2.75, 3.05) is 0 Å². The highest BCUT2D eigenvalue weighted by atomic mass is 16.3. The number of hydrogen-bond acceptors (Lipinski definition) is 3. The first kappa shape index (κ1) is 16.4. The molecule has 130 valence electrons. The molecule has 3 fully saturated rings. The van der Waals surface area contributed by atoms with Crippen molar-refractivity contribution in [1.29, 1.82) is 0 Å². The molecular weight excluding hydrogens is 300 g/mol. The van der Waals surface area contributed by atoms with E-state index in [0.29, 0.717) is 37.0 Å². The van der Waals surface area contributed by atoms with Crippen molar-refractivity contribution in [3.8, 4) is 12.3 Å². The number of ketones is 1. The fourth-order valence-corrected chi connectivity index (χ4v) is 6.81. The van der Waals surface area contributed by atoms with E-state index in [0.717, 1.165) is 31.3 Å². The number of terminal acetylenes is 1. The van der Waals surface area contributed by atoms with Gasteiger partial charge in [0.1, 0.15) is 5.60 Å². The third-order valence-corrected chi connectivity index (χ3v) is 8.18. The van der Waals surface area contributed by atoms with E-state index in [-0.39, 0.29) is 17.1 Å². The van der Waals surface area contributed by atoms with Gasteiger partial charge in [0.05, 0.1) is 5.60 Å². The Morgan fingerprint density at radius 1 is 1.21 bits per heavy atom. The lowest BCUT2D eigenvalue weighted by Crippen LogP contribution is -2.59. The zero-order valence-corrected chi connectivity index (χ0v) is 14.7. The standard InChI is InChI=1S/C21H28O3/c1-4-20(23)9-7-16-18-13(2)11-14-12-15(22)5-10-21(14,24)17(18)6-8-19(16,20)3/h1,12-13,16-18,23-24H,5-11H2,2-3H3/t13-,16-,17-,18-,19+,20+,21+/m0/s1. The average molecular weight is 328 g/mol. The Bertz CT molecular complexity index is 658. The van der Waals surface area contributed by atoms with E-state index >= 15 is 0 Å². The summed E-state index contributed by atoms with van der Waals surface area (Å²) in [7, 11) is 0. The van der Waals surface area contributed by atoms with Gasteiger partial charge in [0.15, 0.2) is 5.78 Å². The highest BCUT2D eigenvalue weighted by Gasteiger charge is 2.65. The zero-order chi connectivity index (χ0) is 17.3. The Balaban J connectivity index is 1.75. The molecule has 3 nitrogen and oxygen atoms in total. The molecule has 4 aliphatic rings. The SMILES string of the molecule is C#C[C@@]1(O)CC[C@H]2[C@@H]3[C@@H](C)CC4=CC(=O)CC[C@]4(O)[C@H]3CC[C@]21C. The van der Waals surface area contributed by atoms with Crippen LogP contribution in [-0.4, -0.2) is 27.2 Å². The highest BCUT2D eigenvalue weighted by Crippen LogP contribution is 2.66. The lowest BCUT2D eigenvalue weighted by atomic mass is 9.47. The van der Waals surface area contributed by atoms with Crippen molar-refractivity contribution in [1.82, 2.24) is 0 Å². The molecule has 0 aromatic carbocycles. The number of hydrogen-bond donors (Lipinski definition) is 2. The van der Waals surface area contributed by atoms with E-state index in [4.69, 9.17) is 6.42 Å². The van der Waals surface area contributed by atoms with E-state index < -0.39 is 11.2 Å². The molecule has 0 aliphatic heterocycles. The molecular formula is C21H28O3. The third-order valence-electron chi connectivity index (χ3n) is 8.18. The van der Waals surface area contributed by atoms with Gasteiger partial charge >= 0.3 is 0 Å². The smallest absolute Gasteiger partial charge is 0.155 e. The molecule has 4 aliphatic carbocycles. The van der Waals surface area contributed by atoms with Gasteiger partial charge in [-0.15, -0.1) is 6.42 Å². The van der Waals surface area contributed by atoms with Crippen LogP contribution >= 0.6 is 0 Å². The van der Waals surface area contributed by atoms with Crippen LogP contribution in [0.3, 0.4) is 0 Å². The molecule has 0 unspecified atom stereocenters. The Labute approximate surface area is 144 Å². The van der Waals surface area contributed by atoms with Gasteiger partial charge in [-0.1, -0.05) is 19.8 Å². The van der Waals surface area contributed by atoms with Crippen molar-refractivity contribution in [2.24, 2.45) is 29.1 Å². The molecule has 0 amide bonds. The number of carbonyl (C=O) groups is 1. The molecule has 7 atom stereocenters. The van der Waals surface area contributed by atoms with Crippen molar-refractivity contribution >= 4 is 5.78 Å². The largest absolute Gasteiger partial charge is 0.385 e. The van der Waals surface area contributed by atoms with E-state index in [9.17, 15) is 15.0 Å². The summed E-state index contributed by atoms with van der Waals surface area (Å²) in [6.45, 7) is 4.41. The van der Waals surface area contributed by atoms with Gasteiger partial charge in [0, 0.05) is 11.8 Å². The lowest BCUT2D eigenvalue weighted by molar-refractivity contribution is -0.148. The summed E-state index contributed by atoms with van der Waals surface area (Å²) in [4.78, 5) is 11.8. The predicted octanol–water partition coefficient (Wildman–Crippen LogP) is 2.85. The summed E-state index contributed by atoms with van der Waals surface area (Å²) >= 11 is 0. The minimum absolute atomic E-state index is 0.156. The molecule has 2 N–H and O–H groups in total. The van der Waals surface area contributed by atoms with E-state index in [2.05, 4.69) is 19.8 Å². The van der Waals surface area contributed by atoms with Crippen LogP contribution in [0.5, 0.6) is 0 Å². The van der Waals surface area contributed by atoms with Crippen LogP contribution in [0.15, 0.2) is 11.6 Å². The molecule has 0 radical (unpaired) electrons. The minimum Gasteiger partial charge on any atom is -0.385 e. The fourth-order valence-electron chi connectivity index (χ4n) is 6.81. The van der Waals surface area contributed by atoms with Gasteiger partial charge in [0.25, 0.3) is 0 Å². The first-order chi connectivity index (χ1) is 11.2. The van der Waals surface area contributed by atoms with Gasteiger partial charge < -0.3 is 10.2 Å². The predicted molar refractivity (Wildman–Crippen MR) is 91.9 cm³/mol. The summed E-state index contributed by atoms with van der Waals surface area (Å²) in [5, 5.41) is 22.5. The van der Waals surface area contributed by atoms with Crippen LogP contribution in [0.2, 0.25) is 0 Å². The quantitative estimate of drug-likeness (QED) is 0.672. The number of rotatable bonds is 0. The molecule has 0 aromatic rings. The van der Waals surface area contributed by atoms with Crippen LogP contribution in [0.1, 0.15) is 58.8 Å². The Morgan fingerprint density at radius 2 is 1.92 bits per heavy atom. The van der Waals surface area contributed by atoms with Gasteiger partial charge in [-0.3, -0.25) is 4.79 Å². The first-order valence-corrected chi connectivity index (χ1v) is 9.41. The fraction of sp³-hybridized carbons (Fsp3) is 0.762. The van der Waals surface area contributed by atoms with Crippen LogP contribution < -0.4 is 0 Å². The number of fused-ring (bicyclic) bond motifs is 5. The summed E-state index contributed by atoms with van der Waals surface area (Å²) in [6, 6.07) is 0. The Morgan fingerprint density at radius 3 is 2.62 bits per heavy atom. The molecule has 0 saturated heterocycles. The van der Waals surface area contributed by atoms with Gasteiger partial charge in [-0.25, -0.2) is 0 Å². The van der Waals surface area contributed by atoms with Gasteiger partial charge in [-0.2, -0.15) is 0 Å². The highest BCUT2D eigenvalue weighted by molar-refractivity contribution is 5.92. The average Bonchev–Trinajstić information content (AvgIpc) is 2.82. The number of carbonyl (C=O) groups excluding carboxylic acids is 1. The maximum absolute atomic E-state index is 11.8. The molecule has 0 aromatic heterocycles. The summed E-state index contributed by atoms with van der Waals surface area (Å²) in [6.07, 6.45) is 12.6. The minimum atomic E-state index is -1.01. The second-order valence-corrected chi connectivity index (χ2v) is 9.03. The Hall–Kier alpha value is -1.11. The monoisotopic (exact) mass is 328 g/mol. The van der Waals surface area contributed by atoms with Crippen molar-refractivity contribution in [2.45, 2.75) is 70.0 Å². The van der Waals surface area contributed by atoms with E-state index in [1.54, 1.807) is 6.08 Å². The third kappa shape index (κ3) is 1.85. The topological polar surface area (TPSA) is 57.5 Å². The van der Waals surface area contributed by atoms with E-state index in [1.807, 2.05) is 0 Å². The summed E-state index contributed by atoms with van der Waals surface area (Å²) in [5.74, 6) is 4.20. The second kappa shape index (κ2) is 4.96. The summed E-state index contributed by atoms with van der Waals surface area (Å²) < 4.78 is 0. The van der Waals surface area contributed by atoms with Crippen LogP contribution in [0, 0.1) is 41.4 Å². The first-order valence-electron chi connectivity index (χ1n) is 9.41. The molecule has 0 heterocycles. The molecule has 24 heavy (non-hydrogen) atoms. The normalized spacial score (nSPS) is 53.5. The molecule has 3 saturated carbocycles. The van der Waals surface area contributed by atoms with Crippen molar-refractivity contribution in [3.05, 3.63) is 11.6 Å². The van der Waals surface area contributed by atoms with Crippen LogP contribution in [0.4, 0.5) is 0 Å². The second-order valence-electron chi connectivity index (χ2n) is 9.03. The number of aliphatic hydroxyl groups is 2. The maximum atomic E-state index is 11.8. The maximum Gasteiger partial charge on any atom is 0.155 e. The van der Waals surface area contributed by atoms with Gasteiger partial charge in [-0.05, 0) is 73.8 Å². The summed E-state index contributed by atoms with van der Waals surface area (Å²) in [5.41, 5.74) is -1.12. The zero-order valence-electron chi connectivity index (χ0n) is 14.7. The van der Waals surface area contributed by atoms with Crippen molar-refractivity contribution < 1.29 is 15.0 Å². The Kier molecular flexibility index (Phi) is 3.38. The molecule has 3 heteroatoms. The molecule has 4 rings (SSSR count). The van der Waals surface area contributed by atoms with E-state index in [1.165, 1.54) is 0 Å². The van der Waals surface area contributed by atoms with Crippen LogP contribution in [-0.2, 0) is 4.79 Å². The van der Waals surface area contributed by atoms with Gasteiger partial charge in [0.2, 0.25) is 0 Å². The van der Waals surface area contributed by atoms with Crippen LogP contribution in [0.25, 0.3) is 0 Å². The molecule has 0 bridgehead atoms.